The molecular weight excluding hydrogens is 254 g/mol. The van der Waals surface area contributed by atoms with Gasteiger partial charge >= 0.3 is 5.97 Å². The van der Waals surface area contributed by atoms with E-state index in [0.29, 0.717) is 11.3 Å². The molecule has 0 unspecified atom stereocenters. The quantitative estimate of drug-likeness (QED) is 0.870. The Bertz CT molecular complexity index is 683. The molecule has 0 atom stereocenters. The van der Waals surface area contributed by atoms with E-state index in [-0.39, 0.29) is 17.9 Å². The van der Waals surface area contributed by atoms with Crippen LogP contribution in [0.2, 0.25) is 0 Å². The smallest absolute Gasteiger partial charge is 0.337 e. The van der Waals surface area contributed by atoms with Crippen molar-refractivity contribution in [2.75, 3.05) is 0 Å². The van der Waals surface area contributed by atoms with Crippen molar-refractivity contribution < 1.29 is 14.7 Å². The van der Waals surface area contributed by atoms with Gasteiger partial charge in [-0.3, -0.25) is 4.79 Å². The average Bonchev–Trinajstić information content (AvgIpc) is 2.74. The molecule has 0 aliphatic heterocycles. The largest absolute Gasteiger partial charge is 0.478 e. The highest BCUT2D eigenvalue weighted by atomic mass is 16.4. The fourth-order valence-corrected chi connectivity index (χ4v) is 2.11. The maximum atomic E-state index is 12.2. The minimum Gasteiger partial charge on any atom is -0.478 e. The second kappa shape index (κ2) is 5.33. The van der Waals surface area contributed by atoms with Gasteiger partial charge in [0, 0.05) is 17.5 Å². The van der Waals surface area contributed by atoms with Gasteiger partial charge in [-0.15, -0.1) is 0 Å². The number of aromatic nitrogens is 1. The van der Waals surface area contributed by atoms with Crippen LogP contribution < -0.4 is 0 Å². The van der Waals surface area contributed by atoms with E-state index in [1.807, 2.05) is 32.0 Å². The van der Waals surface area contributed by atoms with Crippen LogP contribution >= 0.6 is 0 Å². The van der Waals surface area contributed by atoms with Crippen molar-refractivity contribution >= 4 is 11.8 Å². The number of carboxylic acids is 1. The van der Waals surface area contributed by atoms with Crippen LogP contribution in [0.3, 0.4) is 0 Å². The number of aryl methyl sites for hydroxylation is 2. The Labute approximate surface area is 117 Å². The van der Waals surface area contributed by atoms with Gasteiger partial charge in [0.1, 0.15) is 0 Å². The minimum atomic E-state index is -0.972. The Morgan fingerprint density at radius 3 is 2.35 bits per heavy atom. The van der Waals surface area contributed by atoms with Crippen LogP contribution in [0.15, 0.2) is 30.5 Å². The molecule has 0 bridgehead atoms. The zero-order valence-electron chi connectivity index (χ0n) is 11.8. The number of carbonyl (C=O) groups excluding carboxylic acids is 1. The SMILES string of the molecule is Cc1ccc(C(=O)Cn2ccc(C(=O)O)c2C)cc1C. The summed E-state index contributed by atoms with van der Waals surface area (Å²) in [6.07, 6.45) is 1.64. The van der Waals surface area contributed by atoms with E-state index in [9.17, 15) is 9.59 Å². The third-order valence-electron chi connectivity index (χ3n) is 3.61. The highest BCUT2D eigenvalue weighted by Gasteiger charge is 2.14. The molecule has 0 aliphatic carbocycles. The molecular formula is C16H17NO3. The molecule has 20 heavy (non-hydrogen) atoms. The predicted molar refractivity (Wildman–Crippen MR) is 76.4 cm³/mol. The standard InChI is InChI=1S/C16H17NO3/c1-10-4-5-13(8-11(10)2)15(18)9-17-7-6-14(12(17)3)16(19)20/h4-8H,9H2,1-3H3,(H,19,20). The molecule has 2 aromatic rings. The average molecular weight is 271 g/mol. The van der Waals surface area contributed by atoms with Gasteiger partial charge in [0.25, 0.3) is 0 Å². The van der Waals surface area contributed by atoms with E-state index in [1.54, 1.807) is 17.7 Å². The second-order valence-corrected chi connectivity index (χ2v) is 4.97. The van der Waals surface area contributed by atoms with Gasteiger partial charge in [-0.2, -0.15) is 0 Å². The summed E-state index contributed by atoms with van der Waals surface area (Å²) in [5.41, 5.74) is 3.70. The van der Waals surface area contributed by atoms with Crippen LogP contribution in [0.4, 0.5) is 0 Å². The zero-order chi connectivity index (χ0) is 14.9. The van der Waals surface area contributed by atoms with E-state index in [2.05, 4.69) is 0 Å². The maximum absolute atomic E-state index is 12.2. The first kappa shape index (κ1) is 14.1. The topological polar surface area (TPSA) is 59.3 Å². The normalized spacial score (nSPS) is 10.6. The molecule has 0 spiro atoms. The zero-order valence-corrected chi connectivity index (χ0v) is 11.8. The maximum Gasteiger partial charge on any atom is 0.337 e. The monoisotopic (exact) mass is 271 g/mol. The van der Waals surface area contributed by atoms with Gasteiger partial charge in [-0.05, 0) is 44.0 Å². The summed E-state index contributed by atoms with van der Waals surface area (Å²) in [7, 11) is 0. The third kappa shape index (κ3) is 2.64. The summed E-state index contributed by atoms with van der Waals surface area (Å²) in [6.45, 7) is 5.83. The number of hydrogen-bond acceptors (Lipinski definition) is 2. The van der Waals surface area contributed by atoms with E-state index in [1.165, 1.54) is 6.07 Å². The van der Waals surface area contributed by atoms with Crippen LogP contribution in [0.5, 0.6) is 0 Å². The first-order valence-corrected chi connectivity index (χ1v) is 6.39. The Hall–Kier alpha value is -2.36. The highest BCUT2D eigenvalue weighted by Crippen LogP contribution is 2.14. The molecule has 4 heteroatoms. The van der Waals surface area contributed by atoms with Crippen molar-refractivity contribution in [3.8, 4) is 0 Å². The number of carboxylic acid groups (broad SMARTS) is 1. The van der Waals surface area contributed by atoms with Crippen LogP contribution in [0.1, 0.15) is 37.5 Å². The summed E-state index contributed by atoms with van der Waals surface area (Å²) >= 11 is 0. The molecule has 1 N–H and O–H groups in total. The number of Topliss-reactive ketones (excluding diaryl/α,β-unsaturated/α-hetero) is 1. The Morgan fingerprint density at radius 2 is 1.80 bits per heavy atom. The highest BCUT2D eigenvalue weighted by molar-refractivity contribution is 5.96. The molecule has 2 rings (SSSR count). The lowest BCUT2D eigenvalue weighted by Crippen LogP contribution is -2.12. The lowest BCUT2D eigenvalue weighted by molar-refractivity contribution is 0.0695. The van der Waals surface area contributed by atoms with Crippen molar-refractivity contribution in [2.24, 2.45) is 0 Å². The van der Waals surface area contributed by atoms with Crippen molar-refractivity contribution in [1.82, 2.24) is 4.57 Å². The van der Waals surface area contributed by atoms with E-state index in [0.717, 1.165) is 11.1 Å². The fraction of sp³-hybridized carbons (Fsp3) is 0.250. The lowest BCUT2D eigenvalue weighted by Gasteiger charge is -2.08. The third-order valence-corrected chi connectivity index (χ3v) is 3.61. The number of benzene rings is 1. The number of nitrogens with zero attached hydrogens (tertiary/aromatic N) is 1. The minimum absolute atomic E-state index is 0.0243. The molecule has 0 radical (unpaired) electrons. The molecule has 4 nitrogen and oxygen atoms in total. The number of carbonyl (C=O) groups is 2. The molecule has 0 aliphatic rings. The molecule has 0 amide bonds. The van der Waals surface area contributed by atoms with Gasteiger partial charge < -0.3 is 9.67 Å². The van der Waals surface area contributed by atoms with Crippen LogP contribution in [0, 0.1) is 20.8 Å². The molecule has 1 aromatic carbocycles. The van der Waals surface area contributed by atoms with Crippen molar-refractivity contribution in [3.63, 3.8) is 0 Å². The van der Waals surface area contributed by atoms with E-state index >= 15 is 0 Å². The van der Waals surface area contributed by atoms with Gasteiger partial charge in [0.2, 0.25) is 0 Å². The number of hydrogen-bond donors (Lipinski definition) is 1. The number of aromatic carboxylic acids is 1. The predicted octanol–water partition coefficient (Wildman–Crippen LogP) is 2.99. The number of ketones is 1. The van der Waals surface area contributed by atoms with Gasteiger partial charge in [-0.1, -0.05) is 12.1 Å². The molecule has 0 fully saturated rings. The summed E-state index contributed by atoms with van der Waals surface area (Å²) in [5.74, 6) is -0.997. The van der Waals surface area contributed by atoms with Gasteiger partial charge in [-0.25, -0.2) is 4.79 Å². The van der Waals surface area contributed by atoms with Crippen molar-refractivity contribution in [1.29, 1.82) is 0 Å². The molecule has 1 heterocycles. The first-order valence-electron chi connectivity index (χ1n) is 6.39. The molecule has 104 valence electrons. The molecule has 0 saturated heterocycles. The van der Waals surface area contributed by atoms with Crippen LogP contribution in [-0.4, -0.2) is 21.4 Å². The Balaban J connectivity index is 2.23. The number of rotatable bonds is 4. The second-order valence-electron chi connectivity index (χ2n) is 4.97. The molecule has 0 saturated carbocycles. The lowest BCUT2D eigenvalue weighted by atomic mass is 10.0. The first-order chi connectivity index (χ1) is 9.40. The van der Waals surface area contributed by atoms with Gasteiger partial charge in [0.05, 0.1) is 12.1 Å². The Kier molecular flexibility index (Phi) is 3.74. The van der Waals surface area contributed by atoms with Gasteiger partial charge in [0.15, 0.2) is 5.78 Å². The summed E-state index contributed by atoms with van der Waals surface area (Å²) in [4.78, 5) is 23.2. The van der Waals surface area contributed by atoms with Crippen LogP contribution in [-0.2, 0) is 6.54 Å². The fourth-order valence-electron chi connectivity index (χ4n) is 2.11. The summed E-state index contributed by atoms with van der Waals surface area (Å²) in [6, 6.07) is 7.12. The van der Waals surface area contributed by atoms with Crippen molar-refractivity contribution in [3.05, 3.63) is 58.4 Å². The van der Waals surface area contributed by atoms with Crippen LogP contribution in [0.25, 0.3) is 0 Å². The van der Waals surface area contributed by atoms with E-state index < -0.39 is 5.97 Å². The summed E-state index contributed by atoms with van der Waals surface area (Å²) < 4.78 is 1.67. The van der Waals surface area contributed by atoms with E-state index in [4.69, 9.17) is 5.11 Å². The molecule has 1 aromatic heterocycles. The van der Waals surface area contributed by atoms with Crippen molar-refractivity contribution in [2.45, 2.75) is 27.3 Å². The summed E-state index contributed by atoms with van der Waals surface area (Å²) in [5, 5.41) is 9.00. The Morgan fingerprint density at radius 1 is 1.10 bits per heavy atom.